The predicted molar refractivity (Wildman–Crippen MR) is 115 cm³/mol. The number of nitrogens with zero attached hydrogens (tertiary/aromatic N) is 4. The Hall–Kier alpha value is -3.49. The molecule has 1 aliphatic heterocycles. The van der Waals surface area contributed by atoms with Crippen LogP contribution in [0.2, 0.25) is 0 Å². The van der Waals surface area contributed by atoms with Crippen molar-refractivity contribution < 1.29 is 18.7 Å². The van der Waals surface area contributed by atoms with Crippen LogP contribution in [0, 0.1) is 11.7 Å². The molecule has 0 N–H and O–H groups in total. The van der Waals surface area contributed by atoms with E-state index in [1.165, 1.54) is 21.2 Å². The molecule has 0 unspecified atom stereocenters. The van der Waals surface area contributed by atoms with Gasteiger partial charge in [-0.05, 0) is 50.1 Å². The van der Waals surface area contributed by atoms with Crippen LogP contribution in [0.1, 0.15) is 26.2 Å². The standard InChI is InChI=1S/C23H25FN4O4/c1-2-32-23(31)17-7-10-26(11-8-17)21(29)9-12-27-13-14-28-20(22(27)30)15-19(25-28)16-3-5-18(24)6-4-16/h3-6,13-15,17H,2,7-12H2,1H3. The van der Waals surface area contributed by atoms with Crippen molar-refractivity contribution in [2.45, 2.75) is 32.7 Å². The van der Waals surface area contributed by atoms with Gasteiger partial charge in [-0.25, -0.2) is 8.91 Å². The van der Waals surface area contributed by atoms with E-state index < -0.39 is 0 Å². The number of esters is 1. The summed E-state index contributed by atoms with van der Waals surface area (Å²) in [4.78, 5) is 39.1. The number of aromatic nitrogens is 3. The number of benzene rings is 1. The quantitative estimate of drug-likeness (QED) is 0.550. The van der Waals surface area contributed by atoms with Gasteiger partial charge in [0.25, 0.3) is 5.56 Å². The van der Waals surface area contributed by atoms with Crippen LogP contribution in [0.25, 0.3) is 16.8 Å². The maximum absolute atomic E-state index is 13.2. The Bertz CT molecular complexity index is 1180. The van der Waals surface area contributed by atoms with E-state index in [-0.39, 0.29) is 42.1 Å². The number of halogens is 1. The average molecular weight is 440 g/mol. The van der Waals surface area contributed by atoms with Gasteiger partial charge >= 0.3 is 5.97 Å². The summed E-state index contributed by atoms with van der Waals surface area (Å²) in [7, 11) is 0. The zero-order valence-electron chi connectivity index (χ0n) is 17.9. The molecule has 0 bridgehead atoms. The van der Waals surface area contributed by atoms with Crippen molar-refractivity contribution in [3.63, 3.8) is 0 Å². The van der Waals surface area contributed by atoms with E-state index in [4.69, 9.17) is 4.74 Å². The first kappa shape index (κ1) is 21.7. The smallest absolute Gasteiger partial charge is 0.309 e. The van der Waals surface area contributed by atoms with Gasteiger partial charge in [-0.3, -0.25) is 14.4 Å². The van der Waals surface area contributed by atoms with E-state index in [0.29, 0.717) is 49.3 Å². The highest BCUT2D eigenvalue weighted by atomic mass is 19.1. The number of fused-ring (bicyclic) bond motifs is 1. The number of ether oxygens (including phenoxy) is 1. The van der Waals surface area contributed by atoms with Gasteiger partial charge in [-0.1, -0.05) is 0 Å². The van der Waals surface area contributed by atoms with Gasteiger partial charge in [-0.15, -0.1) is 0 Å². The van der Waals surface area contributed by atoms with E-state index in [1.54, 1.807) is 42.4 Å². The van der Waals surface area contributed by atoms with E-state index in [0.717, 1.165) is 0 Å². The molecule has 0 spiro atoms. The molecular formula is C23H25FN4O4. The highest BCUT2D eigenvalue weighted by Crippen LogP contribution is 2.20. The zero-order chi connectivity index (χ0) is 22.7. The number of aryl methyl sites for hydroxylation is 1. The molecule has 32 heavy (non-hydrogen) atoms. The largest absolute Gasteiger partial charge is 0.466 e. The first-order valence-electron chi connectivity index (χ1n) is 10.8. The van der Waals surface area contributed by atoms with E-state index in [9.17, 15) is 18.8 Å². The number of hydrogen-bond donors (Lipinski definition) is 0. The van der Waals surface area contributed by atoms with E-state index >= 15 is 0 Å². The topological polar surface area (TPSA) is 85.9 Å². The van der Waals surface area contributed by atoms with Gasteiger partial charge in [0.15, 0.2) is 0 Å². The number of carbonyl (C=O) groups is 2. The first-order valence-corrected chi connectivity index (χ1v) is 10.8. The maximum Gasteiger partial charge on any atom is 0.309 e. The highest BCUT2D eigenvalue weighted by molar-refractivity contribution is 5.77. The van der Waals surface area contributed by atoms with Crippen LogP contribution in [-0.4, -0.2) is 50.7 Å². The van der Waals surface area contributed by atoms with E-state index in [1.807, 2.05) is 0 Å². The lowest BCUT2D eigenvalue weighted by atomic mass is 9.97. The number of likely N-dealkylation sites (tertiary alicyclic amines) is 1. The molecule has 0 saturated carbocycles. The summed E-state index contributed by atoms with van der Waals surface area (Å²) in [5, 5.41) is 4.39. The molecule has 3 heterocycles. The fourth-order valence-corrected chi connectivity index (χ4v) is 3.96. The van der Waals surface area contributed by atoms with Crippen LogP contribution in [-0.2, 0) is 20.9 Å². The molecular weight excluding hydrogens is 415 g/mol. The summed E-state index contributed by atoms with van der Waals surface area (Å²) < 4.78 is 21.2. The molecule has 1 fully saturated rings. The average Bonchev–Trinajstić information content (AvgIpc) is 3.24. The van der Waals surface area contributed by atoms with Gasteiger partial charge in [0.2, 0.25) is 5.91 Å². The monoisotopic (exact) mass is 440 g/mol. The van der Waals surface area contributed by atoms with Gasteiger partial charge in [0.05, 0.1) is 18.2 Å². The molecule has 1 aromatic carbocycles. The summed E-state index contributed by atoms with van der Waals surface area (Å²) in [6.45, 7) is 3.42. The van der Waals surface area contributed by atoms with Crippen molar-refractivity contribution in [2.75, 3.05) is 19.7 Å². The molecule has 1 amide bonds. The van der Waals surface area contributed by atoms with Crippen LogP contribution >= 0.6 is 0 Å². The number of hydrogen-bond acceptors (Lipinski definition) is 5. The third kappa shape index (κ3) is 4.56. The lowest BCUT2D eigenvalue weighted by molar-refractivity contribution is -0.151. The second-order valence-corrected chi connectivity index (χ2v) is 7.82. The summed E-state index contributed by atoms with van der Waals surface area (Å²) in [5.74, 6) is -0.726. The van der Waals surface area contributed by atoms with Crippen LogP contribution < -0.4 is 5.56 Å². The summed E-state index contributed by atoms with van der Waals surface area (Å²) >= 11 is 0. The number of amides is 1. The highest BCUT2D eigenvalue weighted by Gasteiger charge is 2.28. The van der Waals surface area contributed by atoms with Gasteiger partial charge in [0.1, 0.15) is 11.3 Å². The molecule has 3 aromatic rings. The molecule has 1 saturated heterocycles. The third-order valence-corrected chi connectivity index (χ3v) is 5.78. The van der Waals surface area contributed by atoms with Crippen LogP contribution in [0.4, 0.5) is 4.39 Å². The summed E-state index contributed by atoms with van der Waals surface area (Å²) in [6, 6.07) is 7.57. The molecule has 0 atom stereocenters. The van der Waals surface area contributed by atoms with Crippen molar-refractivity contribution in [3.05, 3.63) is 58.9 Å². The van der Waals surface area contributed by atoms with Crippen LogP contribution in [0.15, 0.2) is 47.5 Å². The molecule has 0 radical (unpaired) electrons. The molecule has 9 heteroatoms. The minimum absolute atomic E-state index is 0.0420. The Morgan fingerprint density at radius 2 is 1.88 bits per heavy atom. The van der Waals surface area contributed by atoms with Gasteiger partial charge < -0.3 is 14.2 Å². The third-order valence-electron chi connectivity index (χ3n) is 5.78. The number of carbonyl (C=O) groups excluding carboxylic acids is 2. The molecule has 168 valence electrons. The Balaban J connectivity index is 1.40. The molecule has 8 nitrogen and oxygen atoms in total. The minimum Gasteiger partial charge on any atom is -0.466 e. The summed E-state index contributed by atoms with van der Waals surface area (Å²) in [6.07, 6.45) is 4.66. The second kappa shape index (κ2) is 9.33. The van der Waals surface area contributed by atoms with Crippen molar-refractivity contribution in [3.8, 4) is 11.3 Å². The van der Waals surface area contributed by atoms with E-state index in [2.05, 4.69) is 5.10 Å². The lowest BCUT2D eigenvalue weighted by Crippen LogP contribution is -2.41. The van der Waals surface area contributed by atoms with Gasteiger partial charge in [-0.2, -0.15) is 5.10 Å². The minimum atomic E-state index is -0.338. The van der Waals surface area contributed by atoms with Crippen LogP contribution in [0.5, 0.6) is 0 Å². The SMILES string of the molecule is CCOC(=O)C1CCN(C(=O)CCn2ccn3nc(-c4ccc(F)cc4)cc3c2=O)CC1. The van der Waals surface area contributed by atoms with Crippen molar-refractivity contribution >= 4 is 17.4 Å². The summed E-state index contributed by atoms with van der Waals surface area (Å²) in [5.41, 5.74) is 1.42. The second-order valence-electron chi connectivity index (χ2n) is 7.82. The van der Waals surface area contributed by atoms with Crippen molar-refractivity contribution in [1.29, 1.82) is 0 Å². The fourth-order valence-electron chi connectivity index (χ4n) is 3.96. The van der Waals surface area contributed by atoms with Crippen LogP contribution in [0.3, 0.4) is 0 Å². The number of rotatable bonds is 6. The lowest BCUT2D eigenvalue weighted by Gasteiger charge is -2.31. The Morgan fingerprint density at radius 1 is 1.16 bits per heavy atom. The molecule has 1 aliphatic rings. The van der Waals surface area contributed by atoms with Crippen molar-refractivity contribution in [2.24, 2.45) is 5.92 Å². The molecule has 4 rings (SSSR count). The number of piperidine rings is 1. The Kier molecular flexibility index (Phi) is 6.34. The van der Waals surface area contributed by atoms with Crippen molar-refractivity contribution in [1.82, 2.24) is 19.1 Å². The molecule has 2 aromatic heterocycles. The predicted octanol–water partition coefficient (Wildman–Crippen LogP) is 2.49. The first-order chi connectivity index (χ1) is 15.5. The van der Waals surface area contributed by atoms with Gasteiger partial charge in [0, 0.05) is 44.0 Å². The Labute approximate surface area is 184 Å². The Morgan fingerprint density at radius 3 is 2.56 bits per heavy atom. The maximum atomic E-state index is 13.2. The molecule has 0 aliphatic carbocycles. The normalized spacial score (nSPS) is 14.6. The fraction of sp³-hybridized carbons (Fsp3) is 0.391. The zero-order valence-corrected chi connectivity index (χ0v) is 17.9.